The van der Waals surface area contributed by atoms with Crippen molar-refractivity contribution in [3.8, 4) is 34.0 Å². The lowest BCUT2D eigenvalue weighted by atomic mass is 10.00. The Balaban J connectivity index is 1.08. The van der Waals surface area contributed by atoms with E-state index in [9.17, 15) is 9.59 Å². The Morgan fingerprint density at radius 1 is 0.650 bits per heavy atom. The van der Waals surface area contributed by atoms with Gasteiger partial charge in [0.2, 0.25) is 0 Å². The first kappa shape index (κ1) is 60.7. The number of aromatic nitrogens is 4. The third-order valence-corrected chi connectivity index (χ3v) is 16.6. The van der Waals surface area contributed by atoms with Crippen LogP contribution in [0.15, 0.2) is 79.1 Å². The summed E-state index contributed by atoms with van der Waals surface area (Å²) in [6.07, 6.45) is 20.8. The van der Waals surface area contributed by atoms with Crippen molar-refractivity contribution in [1.29, 1.82) is 0 Å². The van der Waals surface area contributed by atoms with E-state index in [-0.39, 0.29) is 17.9 Å². The number of carbonyl (C=O) groups excluding carboxylic acids is 2. The van der Waals surface area contributed by atoms with Crippen molar-refractivity contribution in [2.24, 2.45) is 23.7 Å². The van der Waals surface area contributed by atoms with Crippen molar-refractivity contribution in [3.63, 3.8) is 0 Å². The van der Waals surface area contributed by atoms with Crippen molar-refractivity contribution in [1.82, 2.24) is 38.8 Å². The van der Waals surface area contributed by atoms with E-state index in [1.165, 1.54) is 19.3 Å². The van der Waals surface area contributed by atoms with Gasteiger partial charge in [-0.25, -0.2) is 9.03 Å². The van der Waals surface area contributed by atoms with Crippen molar-refractivity contribution >= 4 is 52.1 Å². The minimum absolute atomic E-state index is 0.0366. The number of pyridine rings is 2. The Morgan fingerprint density at radius 2 is 1.18 bits per heavy atom. The van der Waals surface area contributed by atoms with Crippen molar-refractivity contribution in [3.05, 3.63) is 111 Å². The highest BCUT2D eigenvalue weighted by Gasteiger charge is 2.27. The molecule has 2 aliphatic heterocycles. The first-order valence-corrected chi connectivity index (χ1v) is 30.8. The van der Waals surface area contributed by atoms with Crippen molar-refractivity contribution in [2.45, 2.75) is 138 Å². The molecule has 6 aromatic rings. The summed E-state index contributed by atoms with van der Waals surface area (Å²) in [5, 5.41) is 11.6. The summed E-state index contributed by atoms with van der Waals surface area (Å²) >= 11 is 13.6. The standard InChI is InChI=1S/C66H90Cl2N8O4/c1-46(2)24-35-73(36-25-47(3)4)65(77)50-29-40-76-59(41-50)55(18-15-32-71-30-12-10-13-31-71)64(70-76)58-44-53(68)21-23-62(58)80-45-54-17-11-14-33-72(54)34-16-19-56-60-42-51(66(78)74(37-26-48(5)6)38-27-49(7)8)28-39-75(60)69-63(56)57-43-52(67)20-22-61(57)79-9/h16,19-23,28-29,39-44,46-49,54H,10-15,17-18,24-27,30-38,45H2,1-9H3/b19-16+. The van der Waals surface area contributed by atoms with Crippen LogP contribution in [0.25, 0.3) is 39.6 Å². The smallest absolute Gasteiger partial charge is 0.253 e. The molecule has 0 aliphatic carbocycles. The molecule has 80 heavy (non-hydrogen) atoms. The fourth-order valence-electron chi connectivity index (χ4n) is 11.2. The van der Waals surface area contributed by atoms with Crippen LogP contribution >= 0.6 is 23.2 Å². The Hall–Kier alpha value is -5.40. The van der Waals surface area contributed by atoms with Gasteiger partial charge in [0.25, 0.3) is 11.8 Å². The molecule has 0 saturated carbocycles. The highest BCUT2D eigenvalue weighted by atomic mass is 35.5. The summed E-state index contributed by atoms with van der Waals surface area (Å²) in [5.74, 6) is 3.49. The molecule has 0 N–H and O–H groups in total. The number of piperidine rings is 2. The number of benzene rings is 2. The fraction of sp³-hybridized carbons (Fsp3) is 0.545. The van der Waals surface area contributed by atoms with Crippen molar-refractivity contribution in [2.75, 3.05) is 72.6 Å². The minimum Gasteiger partial charge on any atom is -0.496 e. The van der Waals surface area contributed by atoms with Crippen molar-refractivity contribution < 1.29 is 19.1 Å². The molecule has 4 aromatic heterocycles. The van der Waals surface area contributed by atoms with Crippen LogP contribution in [-0.4, -0.2) is 129 Å². The number of hydrogen-bond acceptors (Lipinski definition) is 8. The van der Waals surface area contributed by atoms with Crippen LogP contribution < -0.4 is 9.47 Å². The average Bonchev–Trinajstić information content (AvgIpc) is 4.10. The molecule has 2 saturated heterocycles. The van der Waals surface area contributed by atoms with Gasteiger partial charge in [0.05, 0.1) is 18.1 Å². The third kappa shape index (κ3) is 16.0. The number of rotatable bonds is 27. The zero-order valence-electron chi connectivity index (χ0n) is 49.5. The SMILES string of the molecule is COc1ccc(Cl)cc1-c1nn2ccc(C(=O)N(CCC(C)C)CCC(C)C)cc2c1/C=C/CN1CCCCC1COc1ccc(Cl)cc1-c1nn2ccc(C(=O)N(CCC(C)C)CCC(C)C)cc2c1CCCN1CCCCC1. The predicted molar refractivity (Wildman–Crippen MR) is 330 cm³/mol. The molecule has 2 aromatic carbocycles. The van der Waals surface area contributed by atoms with E-state index < -0.39 is 0 Å². The van der Waals surface area contributed by atoms with Gasteiger partial charge >= 0.3 is 0 Å². The molecule has 14 heteroatoms. The van der Waals surface area contributed by atoms with E-state index in [0.717, 1.165) is 147 Å². The second-order valence-electron chi connectivity index (χ2n) is 24.2. The maximum absolute atomic E-state index is 14.4. The van der Waals surface area contributed by atoms with Crippen LogP contribution in [0.1, 0.15) is 158 Å². The second-order valence-corrected chi connectivity index (χ2v) is 25.1. The molecular formula is C66H90Cl2N8O4. The Labute approximate surface area is 487 Å². The largest absolute Gasteiger partial charge is 0.496 e. The molecule has 12 nitrogen and oxygen atoms in total. The summed E-state index contributed by atoms with van der Waals surface area (Å²) in [7, 11) is 1.66. The number of amides is 2. The van der Waals surface area contributed by atoms with Gasteiger partial charge in [-0.15, -0.1) is 0 Å². The summed E-state index contributed by atoms with van der Waals surface area (Å²) < 4.78 is 16.7. The summed E-state index contributed by atoms with van der Waals surface area (Å²) in [5.41, 5.74) is 8.31. The number of ether oxygens (including phenoxy) is 2. The maximum atomic E-state index is 14.4. The average molecular weight is 1130 g/mol. The lowest BCUT2D eigenvalue weighted by Gasteiger charge is -2.34. The van der Waals surface area contributed by atoms with Crippen LogP contribution in [0.2, 0.25) is 10.0 Å². The van der Waals surface area contributed by atoms with Crippen LogP contribution in [-0.2, 0) is 6.42 Å². The molecular weight excluding hydrogens is 1040 g/mol. The van der Waals surface area contributed by atoms with Crippen LogP contribution in [0.4, 0.5) is 0 Å². The quantitative estimate of drug-likeness (QED) is 0.0503. The Bertz CT molecular complexity index is 3000. The van der Waals surface area contributed by atoms with Gasteiger partial charge in [-0.1, -0.05) is 104 Å². The lowest BCUT2D eigenvalue weighted by molar-refractivity contribution is 0.0733. The van der Waals surface area contributed by atoms with Gasteiger partial charge in [0.1, 0.15) is 29.5 Å². The van der Waals surface area contributed by atoms with E-state index in [0.29, 0.717) is 76.8 Å². The normalized spacial score (nSPS) is 15.7. The zero-order chi connectivity index (χ0) is 56.9. The number of likely N-dealkylation sites (tertiary alicyclic amines) is 2. The summed E-state index contributed by atoms with van der Waals surface area (Å²) in [4.78, 5) is 38.0. The fourth-order valence-corrected chi connectivity index (χ4v) is 11.6. The number of halogens is 2. The van der Waals surface area contributed by atoms with E-state index in [2.05, 4.69) is 88.3 Å². The first-order valence-electron chi connectivity index (χ1n) is 30.1. The number of hydrogen-bond donors (Lipinski definition) is 0. The Morgan fingerprint density at radius 3 is 1.75 bits per heavy atom. The van der Waals surface area contributed by atoms with Gasteiger partial charge in [0.15, 0.2) is 0 Å². The number of nitrogens with zero attached hydrogens (tertiary/aromatic N) is 8. The number of aryl methyl sites for hydroxylation is 1. The molecule has 1 atom stereocenters. The van der Waals surface area contributed by atoms with Gasteiger partial charge in [0, 0.05) is 94.6 Å². The monoisotopic (exact) mass is 1130 g/mol. The van der Waals surface area contributed by atoms with Gasteiger partial charge in [-0.2, -0.15) is 10.2 Å². The summed E-state index contributed by atoms with van der Waals surface area (Å²) in [6.45, 7) is 26.0. The zero-order valence-corrected chi connectivity index (χ0v) is 51.0. The maximum Gasteiger partial charge on any atom is 0.253 e. The molecule has 0 bridgehead atoms. The van der Waals surface area contributed by atoms with Gasteiger partial charge in [-0.05, 0) is 175 Å². The molecule has 0 spiro atoms. The topological polar surface area (TPSA) is 100 Å². The third-order valence-electron chi connectivity index (χ3n) is 16.2. The van der Waals surface area contributed by atoms with E-state index >= 15 is 0 Å². The molecule has 6 heterocycles. The van der Waals surface area contributed by atoms with Crippen LogP contribution in [0, 0.1) is 23.7 Å². The van der Waals surface area contributed by atoms with Crippen LogP contribution in [0.3, 0.4) is 0 Å². The molecule has 8 rings (SSSR count). The van der Waals surface area contributed by atoms with E-state index in [4.69, 9.17) is 42.9 Å². The first-order chi connectivity index (χ1) is 38.6. The van der Waals surface area contributed by atoms with Gasteiger partial charge < -0.3 is 24.2 Å². The molecule has 2 amide bonds. The molecule has 1 unspecified atom stereocenters. The van der Waals surface area contributed by atoms with E-state index in [1.807, 2.05) is 80.9 Å². The molecule has 432 valence electrons. The number of fused-ring (bicyclic) bond motifs is 2. The minimum atomic E-state index is 0.0366. The van der Waals surface area contributed by atoms with E-state index in [1.54, 1.807) is 7.11 Å². The molecule has 2 aliphatic rings. The second kappa shape index (κ2) is 29.0. The molecule has 2 fully saturated rings. The Kier molecular flexibility index (Phi) is 22.0. The highest BCUT2D eigenvalue weighted by molar-refractivity contribution is 6.31. The van der Waals surface area contributed by atoms with Crippen LogP contribution in [0.5, 0.6) is 11.5 Å². The predicted octanol–water partition coefficient (Wildman–Crippen LogP) is 15.1. The number of methoxy groups -OCH3 is 1. The highest BCUT2D eigenvalue weighted by Crippen LogP contribution is 2.39. The summed E-state index contributed by atoms with van der Waals surface area (Å²) in [6, 6.07) is 19.5. The lowest BCUT2D eigenvalue weighted by Crippen LogP contribution is -2.43. The number of carbonyl (C=O) groups is 2. The van der Waals surface area contributed by atoms with Gasteiger partial charge in [-0.3, -0.25) is 14.5 Å². The molecule has 0 radical (unpaired) electrons.